The van der Waals surface area contributed by atoms with E-state index < -0.39 is 10.0 Å². The van der Waals surface area contributed by atoms with E-state index in [2.05, 4.69) is 4.72 Å². The average Bonchev–Trinajstić information content (AvgIpc) is 2.83. The minimum Gasteiger partial charge on any atom is -0.338 e. The molecule has 116 valence electrons. The van der Waals surface area contributed by atoms with Gasteiger partial charge in [-0.05, 0) is 43.7 Å². The van der Waals surface area contributed by atoms with Crippen molar-refractivity contribution >= 4 is 27.3 Å². The van der Waals surface area contributed by atoms with Crippen molar-refractivity contribution in [3.05, 3.63) is 21.9 Å². The van der Waals surface area contributed by atoms with E-state index in [9.17, 15) is 13.2 Å². The van der Waals surface area contributed by atoms with Crippen LogP contribution in [0.5, 0.6) is 0 Å². The van der Waals surface area contributed by atoms with Gasteiger partial charge < -0.3 is 4.90 Å². The number of carbonyl (C=O) groups is 1. The first-order chi connectivity index (χ1) is 9.79. The molecular weight excluding hydrogens is 308 g/mol. The third-order valence-electron chi connectivity index (χ3n) is 4.54. The Kier molecular flexibility index (Phi) is 3.62. The van der Waals surface area contributed by atoms with E-state index in [-0.39, 0.29) is 17.4 Å². The van der Waals surface area contributed by atoms with Crippen LogP contribution >= 0.6 is 11.3 Å². The highest BCUT2D eigenvalue weighted by Gasteiger charge is 2.56. The highest BCUT2D eigenvalue weighted by molar-refractivity contribution is 7.88. The molecule has 1 atom stereocenters. The lowest BCUT2D eigenvalue weighted by atomic mass is 9.92. The summed E-state index contributed by atoms with van der Waals surface area (Å²) in [7, 11) is -3.14. The topological polar surface area (TPSA) is 66.5 Å². The fraction of sp³-hybridized carbons (Fsp3) is 0.643. The zero-order chi connectivity index (χ0) is 15.3. The van der Waals surface area contributed by atoms with Crippen LogP contribution in [0.1, 0.15) is 33.8 Å². The van der Waals surface area contributed by atoms with Crippen LogP contribution in [0.15, 0.2) is 12.1 Å². The van der Waals surface area contributed by atoms with Gasteiger partial charge in [0.15, 0.2) is 0 Å². The number of rotatable bonds is 3. The molecule has 1 aliphatic heterocycles. The molecule has 0 aromatic carbocycles. The van der Waals surface area contributed by atoms with E-state index in [1.165, 1.54) is 17.6 Å². The molecule has 1 aromatic heterocycles. The number of carbonyl (C=O) groups excluding carboxylic acids is 1. The molecule has 21 heavy (non-hydrogen) atoms. The number of nitrogens with zero attached hydrogens (tertiary/aromatic N) is 1. The smallest absolute Gasteiger partial charge is 0.263 e. The monoisotopic (exact) mass is 328 g/mol. The number of thiophene rings is 1. The number of piperidine rings is 1. The van der Waals surface area contributed by atoms with Crippen molar-refractivity contribution in [2.24, 2.45) is 5.41 Å². The van der Waals surface area contributed by atoms with Crippen molar-refractivity contribution in [2.45, 2.75) is 32.2 Å². The first-order valence-electron chi connectivity index (χ1n) is 7.12. The molecule has 2 heterocycles. The van der Waals surface area contributed by atoms with Crippen molar-refractivity contribution in [1.29, 1.82) is 0 Å². The molecule has 2 aliphatic rings. The third-order valence-corrected chi connectivity index (χ3v) is 6.24. The van der Waals surface area contributed by atoms with Crippen LogP contribution in [0, 0.1) is 12.3 Å². The molecule has 1 unspecified atom stereocenters. The van der Waals surface area contributed by atoms with Crippen LogP contribution in [-0.4, -0.2) is 44.6 Å². The van der Waals surface area contributed by atoms with Crippen LogP contribution in [0.4, 0.5) is 0 Å². The van der Waals surface area contributed by atoms with Gasteiger partial charge in [0.1, 0.15) is 0 Å². The minimum atomic E-state index is -3.14. The number of sulfonamides is 1. The van der Waals surface area contributed by atoms with E-state index in [0.717, 1.165) is 42.1 Å². The number of hydrogen-bond acceptors (Lipinski definition) is 4. The Morgan fingerprint density at radius 3 is 2.57 bits per heavy atom. The van der Waals surface area contributed by atoms with Crippen LogP contribution in [0.2, 0.25) is 0 Å². The van der Waals surface area contributed by atoms with Gasteiger partial charge in [-0.25, -0.2) is 13.1 Å². The average molecular weight is 328 g/mol. The molecule has 0 radical (unpaired) electrons. The summed E-state index contributed by atoms with van der Waals surface area (Å²) in [5, 5.41) is 0. The Bertz CT molecular complexity index is 658. The third kappa shape index (κ3) is 3.14. The zero-order valence-corrected chi connectivity index (χ0v) is 13.9. The maximum atomic E-state index is 12.4. The van der Waals surface area contributed by atoms with Crippen molar-refractivity contribution in [1.82, 2.24) is 9.62 Å². The zero-order valence-electron chi connectivity index (χ0n) is 12.3. The summed E-state index contributed by atoms with van der Waals surface area (Å²) in [4.78, 5) is 16.2. The van der Waals surface area contributed by atoms with Gasteiger partial charge >= 0.3 is 0 Å². The second-order valence-corrected chi connectivity index (χ2v) is 9.28. The Morgan fingerprint density at radius 1 is 1.38 bits per heavy atom. The summed E-state index contributed by atoms with van der Waals surface area (Å²) in [5.74, 6) is 0.108. The quantitative estimate of drug-likeness (QED) is 0.916. The van der Waals surface area contributed by atoms with E-state index in [1.807, 2.05) is 24.0 Å². The normalized spacial score (nSPS) is 24.3. The van der Waals surface area contributed by atoms with E-state index in [4.69, 9.17) is 0 Å². The molecule has 1 amide bonds. The summed E-state index contributed by atoms with van der Waals surface area (Å²) in [6, 6.07) is 3.92. The summed E-state index contributed by atoms with van der Waals surface area (Å²) in [5.41, 5.74) is 0.0885. The molecule has 1 spiro atoms. The first-order valence-corrected chi connectivity index (χ1v) is 9.83. The highest BCUT2D eigenvalue weighted by atomic mass is 32.2. The van der Waals surface area contributed by atoms with Crippen LogP contribution in [-0.2, 0) is 10.0 Å². The van der Waals surface area contributed by atoms with Crippen molar-refractivity contribution in [3.63, 3.8) is 0 Å². The standard InChI is InChI=1S/C14H20N2O3S2/c1-10-3-4-11(20-10)13(17)16-7-5-14(6-8-16)9-12(14)15-21(2,18)19/h3-4,12,15H,5-9H2,1-2H3. The Morgan fingerprint density at radius 2 is 2.05 bits per heavy atom. The number of hydrogen-bond donors (Lipinski definition) is 1. The molecule has 5 nitrogen and oxygen atoms in total. The summed E-state index contributed by atoms with van der Waals surface area (Å²) in [6.07, 6.45) is 3.88. The minimum absolute atomic E-state index is 0.0636. The lowest BCUT2D eigenvalue weighted by Crippen LogP contribution is -2.41. The molecular formula is C14H20N2O3S2. The van der Waals surface area contributed by atoms with E-state index in [1.54, 1.807) is 0 Å². The van der Waals surface area contributed by atoms with Gasteiger partial charge in [-0.3, -0.25) is 4.79 Å². The second kappa shape index (κ2) is 5.07. The van der Waals surface area contributed by atoms with Gasteiger partial charge in [0.05, 0.1) is 11.1 Å². The fourth-order valence-electron chi connectivity index (χ4n) is 3.19. The first kappa shape index (κ1) is 15.0. The molecule has 3 rings (SSSR count). The maximum absolute atomic E-state index is 12.4. The van der Waals surface area contributed by atoms with Crippen molar-refractivity contribution in [2.75, 3.05) is 19.3 Å². The second-order valence-electron chi connectivity index (χ2n) is 6.21. The number of amides is 1. The molecule has 1 aromatic rings. The molecule has 2 fully saturated rings. The predicted molar refractivity (Wildman–Crippen MR) is 83.0 cm³/mol. The van der Waals surface area contributed by atoms with Gasteiger partial charge in [-0.15, -0.1) is 11.3 Å². The van der Waals surface area contributed by atoms with E-state index >= 15 is 0 Å². The fourth-order valence-corrected chi connectivity index (χ4v) is 4.87. The molecule has 1 aliphatic carbocycles. The molecule has 0 bridgehead atoms. The van der Waals surface area contributed by atoms with Crippen LogP contribution in [0.3, 0.4) is 0 Å². The van der Waals surface area contributed by atoms with Gasteiger partial charge in [0.25, 0.3) is 5.91 Å². The van der Waals surface area contributed by atoms with Gasteiger partial charge in [-0.2, -0.15) is 0 Å². The van der Waals surface area contributed by atoms with Gasteiger partial charge in [-0.1, -0.05) is 0 Å². The molecule has 1 saturated heterocycles. The van der Waals surface area contributed by atoms with Gasteiger partial charge in [0, 0.05) is 24.0 Å². The molecule has 1 N–H and O–H groups in total. The summed E-state index contributed by atoms with van der Waals surface area (Å²) >= 11 is 1.53. The van der Waals surface area contributed by atoms with Crippen LogP contribution < -0.4 is 4.72 Å². The largest absolute Gasteiger partial charge is 0.338 e. The molecule has 1 saturated carbocycles. The maximum Gasteiger partial charge on any atom is 0.263 e. The summed E-state index contributed by atoms with van der Waals surface area (Å²) in [6.45, 7) is 3.44. The summed E-state index contributed by atoms with van der Waals surface area (Å²) < 4.78 is 25.3. The van der Waals surface area contributed by atoms with Crippen LogP contribution in [0.25, 0.3) is 0 Å². The number of nitrogens with one attached hydrogen (secondary N) is 1. The highest BCUT2D eigenvalue weighted by Crippen LogP contribution is 2.54. The number of likely N-dealkylation sites (tertiary alicyclic amines) is 1. The van der Waals surface area contributed by atoms with E-state index in [0.29, 0.717) is 0 Å². The predicted octanol–water partition coefficient (Wildman–Crippen LogP) is 1.60. The Labute approximate surface area is 129 Å². The van der Waals surface area contributed by atoms with Crippen molar-refractivity contribution in [3.8, 4) is 0 Å². The lowest BCUT2D eigenvalue weighted by molar-refractivity contribution is 0.0679. The SMILES string of the molecule is Cc1ccc(C(=O)N2CCC3(CC2)CC3NS(C)(=O)=O)s1. The molecule has 7 heteroatoms. The van der Waals surface area contributed by atoms with Gasteiger partial charge in [0.2, 0.25) is 10.0 Å². The van der Waals surface area contributed by atoms with Crippen molar-refractivity contribution < 1.29 is 13.2 Å². The Balaban J connectivity index is 1.58. The lowest BCUT2D eigenvalue weighted by Gasteiger charge is -2.32. The number of aryl methyl sites for hydroxylation is 1. The Hall–Kier alpha value is -0.920.